The van der Waals surface area contributed by atoms with Gasteiger partial charge in [-0.15, -0.1) is 11.5 Å². The maximum atomic E-state index is 12.5. The Kier molecular flexibility index (Phi) is 2.86. The Balaban J connectivity index is 0.000000720. The summed E-state index contributed by atoms with van der Waals surface area (Å²) in [6, 6.07) is 11.3. The molecule has 0 unspecified atom stereocenters. The van der Waals surface area contributed by atoms with Gasteiger partial charge in [-0.3, -0.25) is 4.98 Å². The average molecular weight is 153 g/mol. The summed E-state index contributed by atoms with van der Waals surface area (Å²) in [5.74, 6) is -0.552. The fraction of sp³-hybridized carbons (Fsp3) is 0. The molecule has 0 saturated carbocycles. The molecule has 54 valence electrons. The zero-order valence-corrected chi connectivity index (χ0v) is 6.71. The van der Waals surface area contributed by atoms with E-state index in [1.165, 1.54) is 0 Å². The van der Waals surface area contributed by atoms with Crippen LogP contribution in [0.15, 0.2) is 30.3 Å². The van der Waals surface area contributed by atoms with Crippen molar-refractivity contribution in [2.24, 2.45) is 0 Å². The third-order valence-corrected chi connectivity index (χ3v) is 1.50. The Labute approximate surface area is 81.8 Å². The Morgan fingerprint density at radius 2 is 2.00 bits per heavy atom. The summed E-state index contributed by atoms with van der Waals surface area (Å²) in [5, 5.41) is 0.911. The van der Waals surface area contributed by atoms with Crippen LogP contribution in [-0.4, -0.2) is 4.98 Å². The van der Waals surface area contributed by atoms with Crippen molar-refractivity contribution in [1.29, 1.82) is 0 Å². The number of nitrogens with zero attached hydrogens (tertiary/aromatic N) is 1. The van der Waals surface area contributed by atoms with E-state index < -0.39 is 5.95 Å². The van der Waals surface area contributed by atoms with Crippen molar-refractivity contribution in [2.45, 2.75) is 0 Å². The molecule has 0 bridgehead atoms. The zero-order chi connectivity index (χ0) is 7.68. The smallest absolute Gasteiger partial charge is 0.258 e. The number of hydrogen-bond donors (Lipinski definition) is 0. The van der Waals surface area contributed by atoms with Gasteiger partial charge in [0.2, 0.25) is 0 Å². The van der Waals surface area contributed by atoms with E-state index in [2.05, 4.69) is 11.1 Å². The van der Waals surface area contributed by atoms with Gasteiger partial charge in [-0.1, -0.05) is 18.2 Å². The first kappa shape index (κ1) is 9.25. The van der Waals surface area contributed by atoms with E-state index in [0.717, 1.165) is 5.39 Å². The van der Waals surface area contributed by atoms with Crippen LogP contribution in [0, 0.1) is 12.0 Å². The number of rotatable bonds is 0. The second-order valence-electron chi connectivity index (χ2n) is 2.25. The van der Waals surface area contributed by atoms with Crippen LogP contribution in [0.5, 0.6) is 0 Å². The maximum absolute atomic E-state index is 12.5. The molecule has 3 heteroatoms. The van der Waals surface area contributed by atoms with Crippen molar-refractivity contribution >= 4 is 10.9 Å². The van der Waals surface area contributed by atoms with Gasteiger partial charge >= 0.3 is 18.9 Å². The summed E-state index contributed by atoms with van der Waals surface area (Å²) >= 11 is 0. The van der Waals surface area contributed by atoms with Gasteiger partial charge in [0.15, 0.2) is 0 Å². The molecule has 0 atom stereocenters. The number of para-hydroxylation sites is 1. The average Bonchev–Trinajstić information content (AvgIpc) is 2.04. The summed E-state index contributed by atoms with van der Waals surface area (Å²) in [4.78, 5) is 3.65. The van der Waals surface area contributed by atoms with E-state index in [-0.39, 0.29) is 18.9 Å². The van der Waals surface area contributed by atoms with Gasteiger partial charge in [-0.25, -0.2) is 10.5 Å². The number of fused-ring (bicyclic) bond motifs is 1. The molecule has 0 amide bonds. The zero-order valence-electron chi connectivity index (χ0n) is 6.71. The van der Waals surface area contributed by atoms with Crippen LogP contribution in [0.3, 0.4) is 0 Å². The van der Waals surface area contributed by atoms with E-state index in [9.17, 15) is 4.39 Å². The molecule has 2 rings (SSSR count). The van der Waals surface area contributed by atoms with Crippen molar-refractivity contribution in [2.75, 3.05) is 0 Å². The first-order chi connectivity index (χ1) is 5.36. The molecule has 0 saturated heterocycles. The van der Waals surface area contributed by atoms with Crippen LogP contribution in [0.25, 0.3) is 10.9 Å². The van der Waals surface area contributed by atoms with Crippen molar-refractivity contribution in [3.63, 3.8) is 0 Å². The standard InChI is InChI=1S/C9H5FN.Li/c10-9-6-5-7-3-1-2-4-8(7)11-9;/h1-5H;/q-1;+1. The molecule has 1 heterocycles. The summed E-state index contributed by atoms with van der Waals surface area (Å²) < 4.78 is 12.5. The number of hydrogen-bond acceptors (Lipinski definition) is 1. The van der Waals surface area contributed by atoms with Crippen molar-refractivity contribution in [3.05, 3.63) is 42.3 Å². The number of halogens is 1. The van der Waals surface area contributed by atoms with Crippen LogP contribution in [0.2, 0.25) is 0 Å². The fourth-order valence-electron chi connectivity index (χ4n) is 0.987. The SMILES string of the molecule is Fc1[c-]cc2ccccc2n1.[Li+]. The first-order valence-electron chi connectivity index (χ1n) is 3.29. The van der Waals surface area contributed by atoms with Gasteiger partial charge in [0.25, 0.3) is 0 Å². The molecule has 0 radical (unpaired) electrons. The van der Waals surface area contributed by atoms with E-state index in [1.54, 1.807) is 12.1 Å². The number of pyridine rings is 1. The fourth-order valence-corrected chi connectivity index (χ4v) is 0.987. The summed E-state index contributed by atoms with van der Waals surface area (Å²) in [5.41, 5.74) is 0.670. The number of aromatic nitrogens is 1. The van der Waals surface area contributed by atoms with Gasteiger partial charge in [0, 0.05) is 0 Å². The van der Waals surface area contributed by atoms with Crippen LogP contribution < -0.4 is 18.9 Å². The van der Waals surface area contributed by atoms with E-state index >= 15 is 0 Å². The van der Waals surface area contributed by atoms with E-state index in [1.807, 2.05) is 18.2 Å². The largest absolute Gasteiger partial charge is 1.00 e. The summed E-state index contributed by atoms with van der Waals surface area (Å²) in [7, 11) is 0. The minimum atomic E-state index is -0.552. The van der Waals surface area contributed by atoms with E-state index in [4.69, 9.17) is 0 Å². The van der Waals surface area contributed by atoms with Gasteiger partial charge in [-0.05, 0) is 5.52 Å². The monoisotopic (exact) mass is 153 g/mol. The second kappa shape index (κ2) is 3.71. The normalized spacial score (nSPS) is 9.42. The molecule has 0 aliphatic rings. The van der Waals surface area contributed by atoms with E-state index in [0.29, 0.717) is 5.52 Å². The quantitative estimate of drug-likeness (QED) is 0.274. The van der Waals surface area contributed by atoms with Crippen molar-refractivity contribution in [3.8, 4) is 0 Å². The van der Waals surface area contributed by atoms with Crippen LogP contribution in [0.4, 0.5) is 4.39 Å². The van der Waals surface area contributed by atoms with Gasteiger partial charge < -0.3 is 0 Å². The molecule has 0 fully saturated rings. The predicted molar refractivity (Wildman–Crippen MR) is 40.5 cm³/mol. The third-order valence-electron chi connectivity index (χ3n) is 1.50. The Hall–Kier alpha value is -0.843. The predicted octanol–water partition coefficient (Wildman–Crippen LogP) is -0.822. The first-order valence-corrected chi connectivity index (χ1v) is 3.29. The van der Waals surface area contributed by atoms with Crippen LogP contribution in [-0.2, 0) is 0 Å². The van der Waals surface area contributed by atoms with Crippen molar-refractivity contribution in [1.82, 2.24) is 4.98 Å². The number of benzene rings is 1. The molecule has 2 aromatic rings. The minimum Gasteiger partial charge on any atom is -0.258 e. The van der Waals surface area contributed by atoms with Crippen molar-refractivity contribution < 1.29 is 23.3 Å². The molecule has 0 spiro atoms. The van der Waals surface area contributed by atoms with Crippen LogP contribution >= 0.6 is 0 Å². The molecular formula is C9H5FLiN. The molecule has 1 aromatic heterocycles. The van der Waals surface area contributed by atoms with Gasteiger partial charge in [0.1, 0.15) is 5.95 Å². The maximum Gasteiger partial charge on any atom is 1.00 e. The molecule has 1 nitrogen and oxygen atoms in total. The van der Waals surface area contributed by atoms with Gasteiger partial charge in [0.05, 0.1) is 0 Å². The van der Waals surface area contributed by atoms with Gasteiger partial charge in [-0.2, -0.15) is 6.07 Å². The minimum absolute atomic E-state index is 0. The topological polar surface area (TPSA) is 12.9 Å². The second-order valence-corrected chi connectivity index (χ2v) is 2.25. The summed E-state index contributed by atoms with van der Waals surface area (Å²) in [6.07, 6.45) is 0. The molecule has 12 heavy (non-hydrogen) atoms. The molecular weight excluding hydrogens is 148 g/mol. The molecule has 0 aliphatic heterocycles. The Morgan fingerprint density at radius 3 is 2.83 bits per heavy atom. The third kappa shape index (κ3) is 1.66. The molecule has 0 N–H and O–H groups in total. The summed E-state index contributed by atoms with van der Waals surface area (Å²) in [6.45, 7) is 0. The Morgan fingerprint density at radius 1 is 1.25 bits per heavy atom. The molecule has 0 aliphatic carbocycles. The Bertz CT molecular complexity index is 389. The molecule has 1 aromatic carbocycles. The van der Waals surface area contributed by atoms with Crippen LogP contribution in [0.1, 0.15) is 0 Å².